The topological polar surface area (TPSA) is 45.7 Å². The third kappa shape index (κ3) is 3.50. The van der Waals surface area contributed by atoms with E-state index in [1.807, 2.05) is 29.3 Å². The number of aromatic nitrogens is 1. The number of hydrogen-bond acceptors (Lipinski definition) is 4. The molecule has 0 spiro atoms. The molecule has 24 heavy (non-hydrogen) atoms. The Morgan fingerprint density at radius 1 is 1.17 bits per heavy atom. The molecule has 2 heterocycles. The summed E-state index contributed by atoms with van der Waals surface area (Å²) in [6, 6.07) is 11.5. The Bertz CT molecular complexity index is 692. The SMILES string of the molecule is CCc1ccc(N2CCN(C(=O)c3cccc(OC)c3)CC2)nc1. The lowest BCUT2D eigenvalue weighted by Gasteiger charge is -2.35. The van der Waals surface area contributed by atoms with Gasteiger partial charge in [-0.1, -0.05) is 19.1 Å². The van der Waals surface area contributed by atoms with Crippen LogP contribution in [-0.4, -0.2) is 49.1 Å². The summed E-state index contributed by atoms with van der Waals surface area (Å²) in [5.41, 5.74) is 1.92. The van der Waals surface area contributed by atoms with Crippen LogP contribution in [0.4, 0.5) is 5.82 Å². The molecular weight excluding hydrogens is 302 g/mol. The largest absolute Gasteiger partial charge is 0.497 e. The van der Waals surface area contributed by atoms with Gasteiger partial charge in [-0.15, -0.1) is 0 Å². The second kappa shape index (κ2) is 7.34. The second-order valence-electron chi connectivity index (χ2n) is 5.89. The van der Waals surface area contributed by atoms with Gasteiger partial charge in [0.25, 0.3) is 5.91 Å². The molecule has 1 fully saturated rings. The lowest BCUT2D eigenvalue weighted by atomic mass is 10.1. The van der Waals surface area contributed by atoms with Crippen LogP contribution in [0.3, 0.4) is 0 Å². The van der Waals surface area contributed by atoms with Gasteiger partial charge in [0.1, 0.15) is 11.6 Å². The molecule has 0 bridgehead atoms. The molecule has 1 aromatic heterocycles. The van der Waals surface area contributed by atoms with Crippen LogP contribution in [0.5, 0.6) is 5.75 Å². The van der Waals surface area contributed by atoms with Gasteiger partial charge in [-0.25, -0.2) is 4.98 Å². The van der Waals surface area contributed by atoms with Gasteiger partial charge >= 0.3 is 0 Å². The fraction of sp³-hybridized carbons (Fsp3) is 0.368. The molecular formula is C19H23N3O2. The Kier molecular flexibility index (Phi) is 4.99. The van der Waals surface area contributed by atoms with Gasteiger partial charge in [-0.05, 0) is 36.2 Å². The Morgan fingerprint density at radius 3 is 2.58 bits per heavy atom. The molecule has 2 aromatic rings. The van der Waals surface area contributed by atoms with Crippen LogP contribution in [0.2, 0.25) is 0 Å². The molecule has 126 valence electrons. The van der Waals surface area contributed by atoms with Crippen molar-refractivity contribution in [3.05, 3.63) is 53.7 Å². The number of methoxy groups -OCH3 is 1. The lowest BCUT2D eigenvalue weighted by molar-refractivity contribution is 0.0746. The van der Waals surface area contributed by atoms with Crippen LogP contribution in [0, 0.1) is 0 Å². The number of anilines is 1. The summed E-state index contributed by atoms with van der Waals surface area (Å²) in [4.78, 5) is 21.3. The van der Waals surface area contributed by atoms with E-state index < -0.39 is 0 Å². The van der Waals surface area contributed by atoms with Crippen molar-refractivity contribution in [1.29, 1.82) is 0 Å². The molecule has 0 unspecified atom stereocenters. The molecule has 0 aliphatic carbocycles. The fourth-order valence-corrected chi connectivity index (χ4v) is 2.89. The van der Waals surface area contributed by atoms with Crippen molar-refractivity contribution in [2.24, 2.45) is 0 Å². The van der Waals surface area contributed by atoms with E-state index in [0.29, 0.717) is 24.4 Å². The maximum atomic E-state index is 12.6. The Labute approximate surface area is 142 Å². The third-order valence-corrected chi connectivity index (χ3v) is 4.42. The summed E-state index contributed by atoms with van der Waals surface area (Å²) in [6.07, 6.45) is 2.93. The third-order valence-electron chi connectivity index (χ3n) is 4.42. The van der Waals surface area contributed by atoms with Crippen LogP contribution in [0.25, 0.3) is 0 Å². The molecule has 0 saturated carbocycles. The number of hydrogen-bond donors (Lipinski definition) is 0. The molecule has 0 N–H and O–H groups in total. The van der Waals surface area contributed by atoms with E-state index in [9.17, 15) is 4.79 Å². The molecule has 1 saturated heterocycles. The van der Waals surface area contributed by atoms with Crippen LogP contribution in [0.1, 0.15) is 22.8 Å². The molecule has 3 rings (SSSR count). The monoisotopic (exact) mass is 325 g/mol. The number of ether oxygens (including phenoxy) is 1. The number of aryl methyl sites for hydroxylation is 1. The highest BCUT2D eigenvalue weighted by Crippen LogP contribution is 2.18. The van der Waals surface area contributed by atoms with Gasteiger partial charge in [0.2, 0.25) is 0 Å². The van der Waals surface area contributed by atoms with Gasteiger partial charge in [0.05, 0.1) is 7.11 Å². The van der Waals surface area contributed by atoms with Crippen molar-refractivity contribution < 1.29 is 9.53 Å². The first kappa shape index (κ1) is 16.3. The molecule has 1 aliphatic heterocycles. The zero-order valence-electron chi connectivity index (χ0n) is 14.2. The van der Waals surface area contributed by atoms with Gasteiger partial charge in [0.15, 0.2) is 0 Å². The second-order valence-corrected chi connectivity index (χ2v) is 5.89. The minimum Gasteiger partial charge on any atom is -0.497 e. The van der Waals surface area contributed by atoms with Gasteiger partial charge < -0.3 is 14.5 Å². The first-order valence-corrected chi connectivity index (χ1v) is 8.34. The molecule has 5 heteroatoms. The summed E-state index contributed by atoms with van der Waals surface area (Å²) in [5.74, 6) is 1.75. The quantitative estimate of drug-likeness (QED) is 0.867. The number of benzene rings is 1. The molecule has 0 atom stereocenters. The minimum atomic E-state index is 0.0582. The normalized spacial score (nSPS) is 14.6. The standard InChI is InChI=1S/C19H23N3O2/c1-3-15-7-8-18(20-14-15)21-9-11-22(12-10-21)19(23)16-5-4-6-17(13-16)24-2/h4-8,13-14H,3,9-12H2,1-2H3. The van der Waals surface area contributed by atoms with Crippen molar-refractivity contribution in [3.8, 4) is 5.75 Å². The predicted molar refractivity (Wildman–Crippen MR) is 94.7 cm³/mol. The fourth-order valence-electron chi connectivity index (χ4n) is 2.89. The van der Waals surface area contributed by atoms with Crippen LogP contribution < -0.4 is 9.64 Å². The average Bonchev–Trinajstić information content (AvgIpc) is 2.67. The Hall–Kier alpha value is -2.56. The van der Waals surface area contributed by atoms with E-state index in [1.54, 1.807) is 13.2 Å². The predicted octanol–water partition coefficient (Wildman–Crippen LogP) is 2.62. The van der Waals surface area contributed by atoms with E-state index in [1.165, 1.54) is 5.56 Å². The average molecular weight is 325 g/mol. The van der Waals surface area contributed by atoms with Crippen LogP contribution in [0.15, 0.2) is 42.6 Å². The van der Waals surface area contributed by atoms with Gasteiger partial charge in [0, 0.05) is 37.9 Å². The number of carbonyl (C=O) groups is 1. The van der Waals surface area contributed by atoms with E-state index >= 15 is 0 Å². The van der Waals surface area contributed by atoms with Crippen molar-refractivity contribution in [1.82, 2.24) is 9.88 Å². The minimum absolute atomic E-state index is 0.0582. The zero-order valence-corrected chi connectivity index (χ0v) is 14.2. The molecule has 1 amide bonds. The van der Waals surface area contributed by atoms with Crippen molar-refractivity contribution in [2.75, 3.05) is 38.2 Å². The van der Waals surface area contributed by atoms with E-state index in [0.717, 1.165) is 25.3 Å². The van der Waals surface area contributed by atoms with Crippen molar-refractivity contribution in [3.63, 3.8) is 0 Å². The van der Waals surface area contributed by atoms with Gasteiger partial charge in [-0.2, -0.15) is 0 Å². The number of carbonyl (C=O) groups excluding carboxylic acids is 1. The first-order valence-electron chi connectivity index (χ1n) is 8.34. The smallest absolute Gasteiger partial charge is 0.254 e. The van der Waals surface area contributed by atoms with Crippen molar-refractivity contribution >= 4 is 11.7 Å². The molecule has 1 aliphatic rings. The molecule has 1 aromatic carbocycles. The number of pyridine rings is 1. The van der Waals surface area contributed by atoms with Crippen LogP contribution >= 0.6 is 0 Å². The maximum absolute atomic E-state index is 12.6. The van der Waals surface area contributed by atoms with Gasteiger partial charge in [-0.3, -0.25) is 4.79 Å². The highest BCUT2D eigenvalue weighted by atomic mass is 16.5. The highest BCUT2D eigenvalue weighted by molar-refractivity contribution is 5.94. The number of amides is 1. The molecule has 0 radical (unpaired) electrons. The van der Waals surface area contributed by atoms with Crippen molar-refractivity contribution in [2.45, 2.75) is 13.3 Å². The summed E-state index contributed by atoms with van der Waals surface area (Å²) in [6.45, 7) is 5.13. The molecule has 5 nitrogen and oxygen atoms in total. The zero-order chi connectivity index (χ0) is 16.9. The summed E-state index contributed by atoms with van der Waals surface area (Å²) in [7, 11) is 1.61. The number of piperazine rings is 1. The number of nitrogens with zero attached hydrogens (tertiary/aromatic N) is 3. The maximum Gasteiger partial charge on any atom is 0.254 e. The summed E-state index contributed by atoms with van der Waals surface area (Å²) in [5, 5.41) is 0. The number of rotatable bonds is 4. The first-order chi connectivity index (χ1) is 11.7. The van der Waals surface area contributed by atoms with Crippen LogP contribution in [-0.2, 0) is 6.42 Å². The summed E-state index contributed by atoms with van der Waals surface area (Å²) < 4.78 is 5.20. The van der Waals surface area contributed by atoms with E-state index in [2.05, 4.69) is 28.9 Å². The Balaban J connectivity index is 1.62. The summed E-state index contributed by atoms with van der Waals surface area (Å²) >= 11 is 0. The lowest BCUT2D eigenvalue weighted by Crippen LogP contribution is -2.49. The van der Waals surface area contributed by atoms with E-state index in [4.69, 9.17) is 4.74 Å². The highest BCUT2D eigenvalue weighted by Gasteiger charge is 2.23. The van der Waals surface area contributed by atoms with E-state index in [-0.39, 0.29) is 5.91 Å². The Morgan fingerprint density at radius 2 is 1.96 bits per heavy atom.